The molecule has 3 aromatic rings. The number of rotatable bonds is 6. The molecule has 1 atom stereocenters. The summed E-state index contributed by atoms with van der Waals surface area (Å²) in [5.41, 5.74) is 1.14. The summed E-state index contributed by atoms with van der Waals surface area (Å²) in [7, 11) is -6.31. The fourth-order valence-electron chi connectivity index (χ4n) is 4.09. The molecule has 11 heteroatoms. The van der Waals surface area contributed by atoms with E-state index in [4.69, 9.17) is 16.0 Å². The zero-order valence-corrected chi connectivity index (χ0v) is 23.9. The molecule has 0 N–H and O–H groups in total. The summed E-state index contributed by atoms with van der Waals surface area (Å²) < 4.78 is 63.8. The molecule has 1 saturated heterocycles. The number of fused-ring (bicyclic) bond motifs is 1. The molecule has 0 bridgehead atoms. The van der Waals surface area contributed by atoms with Crippen molar-refractivity contribution in [1.29, 1.82) is 0 Å². The van der Waals surface area contributed by atoms with Crippen LogP contribution in [0.5, 0.6) is 0 Å². The van der Waals surface area contributed by atoms with E-state index < -0.39 is 43.3 Å². The zero-order chi connectivity index (χ0) is 26.7. The normalized spacial score (nSPS) is 18.8. The molecule has 0 unspecified atom stereocenters. The molecule has 6 nitrogen and oxygen atoms in total. The second kappa shape index (κ2) is 9.07. The van der Waals surface area contributed by atoms with Crippen LogP contribution in [-0.2, 0) is 14.4 Å². The number of anilines is 1. The van der Waals surface area contributed by atoms with Crippen molar-refractivity contribution in [2.24, 2.45) is 0 Å². The van der Waals surface area contributed by atoms with Gasteiger partial charge < -0.3 is 9.33 Å². The van der Waals surface area contributed by atoms with Gasteiger partial charge in [0.1, 0.15) is 0 Å². The van der Waals surface area contributed by atoms with Crippen molar-refractivity contribution in [2.45, 2.75) is 69.1 Å². The second-order valence-electron chi connectivity index (χ2n) is 11.0. The lowest BCUT2D eigenvalue weighted by molar-refractivity contribution is 0.0203. The molecule has 1 aliphatic heterocycles. The van der Waals surface area contributed by atoms with Crippen molar-refractivity contribution in [1.82, 2.24) is 9.19 Å². The van der Waals surface area contributed by atoms with Gasteiger partial charge in [0.2, 0.25) is 0 Å². The SMILES string of the molecule is Cc1ccc(S(=O)(=O)n2nc(N3CC(F)(F)C[C@@H]3CO[Si](C)(C)C(C)(C)C)c3c(Cl)cccc32)cc1. The molecule has 36 heavy (non-hydrogen) atoms. The molecular weight excluding hydrogens is 524 g/mol. The Labute approximate surface area is 217 Å². The third-order valence-electron chi connectivity index (χ3n) is 7.24. The Balaban J connectivity index is 1.81. The predicted octanol–water partition coefficient (Wildman–Crippen LogP) is 6.47. The molecular formula is C25H32ClF2N3O3SSi. The predicted molar refractivity (Wildman–Crippen MR) is 142 cm³/mol. The van der Waals surface area contributed by atoms with Crippen LogP contribution in [0, 0.1) is 6.92 Å². The number of aryl methyl sites for hydroxylation is 1. The van der Waals surface area contributed by atoms with Crippen molar-refractivity contribution < 1.29 is 21.6 Å². The molecule has 0 radical (unpaired) electrons. The highest BCUT2D eigenvalue weighted by atomic mass is 35.5. The van der Waals surface area contributed by atoms with Crippen LogP contribution in [0.15, 0.2) is 47.4 Å². The van der Waals surface area contributed by atoms with Crippen molar-refractivity contribution >= 4 is 46.7 Å². The first kappa shape index (κ1) is 27.0. The summed E-state index contributed by atoms with van der Waals surface area (Å²) in [4.78, 5) is 1.51. The average Bonchev–Trinajstić information content (AvgIpc) is 3.30. The first-order valence-electron chi connectivity index (χ1n) is 11.8. The van der Waals surface area contributed by atoms with Gasteiger partial charge in [0.25, 0.3) is 15.9 Å². The molecule has 0 saturated carbocycles. The van der Waals surface area contributed by atoms with Gasteiger partial charge >= 0.3 is 0 Å². The highest BCUT2D eigenvalue weighted by Crippen LogP contribution is 2.42. The Morgan fingerprint density at radius 1 is 1.17 bits per heavy atom. The van der Waals surface area contributed by atoms with Crippen molar-refractivity contribution in [3.63, 3.8) is 0 Å². The minimum absolute atomic E-state index is 0.0496. The average molecular weight is 556 g/mol. The molecule has 0 aliphatic carbocycles. The highest BCUT2D eigenvalue weighted by Gasteiger charge is 2.48. The Bertz CT molecular complexity index is 1390. The fourth-order valence-corrected chi connectivity index (χ4v) is 6.67. The van der Waals surface area contributed by atoms with E-state index >= 15 is 0 Å². The minimum Gasteiger partial charge on any atom is -0.415 e. The number of benzene rings is 2. The monoisotopic (exact) mass is 555 g/mol. The largest absolute Gasteiger partial charge is 0.415 e. The topological polar surface area (TPSA) is 64.4 Å². The maximum Gasteiger partial charge on any atom is 0.283 e. The number of aromatic nitrogens is 2. The van der Waals surface area contributed by atoms with Gasteiger partial charge in [0.15, 0.2) is 14.1 Å². The molecule has 4 rings (SSSR count). The van der Waals surface area contributed by atoms with E-state index in [1.54, 1.807) is 30.3 Å². The summed E-state index contributed by atoms with van der Waals surface area (Å²) in [6, 6.07) is 10.5. The zero-order valence-electron chi connectivity index (χ0n) is 21.3. The lowest BCUT2D eigenvalue weighted by atomic mass is 10.2. The van der Waals surface area contributed by atoms with E-state index in [1.807, 2.05) is 6.92 Å². The molecule has 2 aromatic carbocycles. The van der Waals surface area contributed by atoms with Gasteiger partial charge in [-0.15, -0.1) is 5.10 Å². The van der Waals surface area contributed by atoms with Crippen molar-refractivity contribution in [2.75, 3.05) is 18.1 Å². The van der Waals surface area contributed by atoms with Crippen LogP contribution in [0.25, 0.3) is 10.9 Å². The van der Waals surface area contributed by atoms with Gasteiger partial charge in [-0.1, -0.05) is 56.1 Å². The Morgan fingerprint density at radius 2 is 1.81 bits per heavy atom. The maximum atomic E-state index is 14.8. The van der Waals surface area contributed by atoms with Crippen LogP contribution < -0.4 is 4.90 Å². The van der Waals surface area contributed by atoms with Crippen LogP contribution in [0.4, 0.5) is 14.6 Å². The second-order valence-corrected chi connectivity index (χ2v) is 18.0. The quantitative estimate of drug-likeness (QED) is 0.326. The first-order valence-corrected chi connectivity index (χ1v) is 16.5. The summed E-state index contributed by atoms with van der Waals surface area (Å²) in [5.74, 6) is -2.86. The molecule has 1 fully saturated rings. The summed E-state index contributed by atoms with van der Waals surface area (Å²) >= 11 is 6.51. The smallest absolute Gasteiger partial charge is 0.283 e. The van der Waals surface area contributed by atoms with Gasteiger partial charge in [-0.3, -0.25) is 0 Å². The van der Waals surface area contributed by atoms with E-state index in [-0.39, 0.29) is 32.9 Å². The molecule has 196 valence electrons. The Hall–Kier alpha value is -2.01. The maximum absolute atomic E-state index is 14.8. The Morgan fingerprint density at radius 3 is 2.42 bits per heavy atom. The van der Waals surface area contributed by atoms with Gasteiger partial charge in [0, 0.05) is 6.42 Å². The van der Waals surface area contributed by atoms with Crippen LogP contribution >= 0.6 is 11.6 Å². The summed E-state index contributed by atoms with van der Waals surface area (Å²) in [6.07, 6.45) is -0.412. The summed E-state index contributed by atoms with van der Waals surface area (Å²) in [5, 5.41) is 4.89. The van der Waals surface area contributed by atoms with E-state index in [0.29, 0.717) is 5.39 Å². The lowest BCUT2D eigenvalue weighted by Gasteiger charge is -2.38. The van der Waals surface area contributed by atoms with E-state index in [9.17, 15) is 17.2 Å². The minimum atomic E-state index is -4.10. The van der Waals surface area contributed by atoms with Crippen LogP contribution in [0.3, 0.4) is 0 Å². The number of alkyl halides is 2. The van der Waals surface area contributed by atoms with Gasteiger partial charge in [-0.05, 0) is 49.3 Å². The number of nitrogens with zero attached hydrogens (tertiary/aromatic N) is 3. The molecule has 0 amide bonds. The number of halogens is 3. The highest BCUT2D eigenvalue weighted by molar-refractivity contribution is 7.90. The van der Waals surface area contributed by atoms with Gasteiger partial charge in [0.05, 0.1) is 40.0 Å². The molecule has 2 heterocycles. The van der Waals surface area contributed by atoms with Crippen LogP contribution in [0.1, 0.15) is 32.8 Å². The number of hydrogen-bond donors (Lipinski definition) is 0. The third kappa shape index (κ3) is 4.92. The van der Waals surface area contributed by atoms with E-state index in [2.05, 4.69) is 39.0 Å². The van der Waals surface area contributed by atoms with Crippen LogP contribution in [0.2, 0.25) is 23.2 Å². The van der Waals surface area contributed by atoms with Crippen molar-refractivity contribution in [3.05, 3.63) is 53.1 Å². The van der Waals surface area contributed by atoms with Gasteiger partial charge in [-0.25, -0.2) is 8.78 Å². The van der Waals surface area contributed by atoms with Gasteiger partial charge in [-0.2, -0.15) is 12.5 Å². The summed E-state index contributed by atoms with van der Waals surface area (Å²) in [6.45, 7) is 11.8. The Kier molecular flexibility index (Phi) is 6.81. The van der Waals surface area contributed by atoms with Crippen molar-refractivity contribution in [3.8, 4) is 0 Å². The third-order valence-corrected chi connectivity index (χ3v) is 13.7. The van der Waals surface area contributed by atoms with Crippen LogP contribution in [-0.4, -0.2) is 51.0 Å². The molecule has 0 spiro atoms. The fraction of sp³-hybridized carbons (Fsp3) is 0.480. The standard InChI is InChI=1S/C25H32ClF2N3O3SSi/c1-17-10-12-19(13-11-17)35(32,33)31-21-9-7-8-20(26)22(21)23(29-31)30-16-25(27,28)14-18(30)15-34-36(5,6)24(2,3)4/h7-13,18H,14-16H2,1-6H3/t18-/m1/s1. The molecule has 1 aliphatic rings. The number of hydrogen-bond acceptors (Lipinski definition) is 5. The van der Waals surface area contributed by atoms with E-state index in [1.165, 1.54) is 17.0 Å². The first-order chi connectivity index (χ1) is 16.5. The molecule has 1 aromatic heterocycles. The van der Waals surface area contributed by atoms with E-state index in [0.717, 1.165) is 9.65 Å². The lowest BCUT2D eigenvalue weighted by Crippen LogP contribution is -2.45.